The van der Waals surface area contributed by atoms with Gasteiger partial charge >= 0.3 is 6.03 Å². The van der Waals surface area contributed by atoms with E-state index in [1.807, 2.05) is 31.2 Å². The van der Waals surface area contributed by atoms with Gasteiger partial charge in [0.25, 0.3) is 5.69 Å². The van der Waals surface area contributed by atoms with Gasteiger partial charge in [0.2, 0.25) is 5.91 Å². The van der Waals surface area contributed by atoms with Gasteiger partial charge in [-0.05, 0) is 42.3 Å². The van der Waals surface area contributed by atoms with E-state index < -0.39 is 4.92 Å². The van der Waals surface area contributed by atoms with Crippen molar-refractivity contribution in [2.75, 3.05) is 10.6 Å². The standard InChI is InChI=1S/C23H22N4O4/c1-16-6-4-9-19(12-16)25-23(29)26-20-10-5-7-17(13-20)15-24-22(28)14-18-8-2-3-11-21(18)27(30)31/h2-13H,14-15H2,1H3,(H,24,28)(H2,25,26,29). The first kappa shape index (κ1) is 21.5. The molecule has 0 unspecified atom stereocenters. The van der Waals surface area contributed by atoms with E-state index in [0.717, 1.165) is 11.1 Å². The van der Waals surface area contributed by atoms with E-state index in [2.05, 4.69) is 16.0 Å². The summed E-state index contributed by atoms with van der Waals surface area (Å²) in [6.45, 7) is 2.17. The van der Waals surface area contributed by atoms with Crippen molar-refractivity contribution in [2.45, 2.75) is 19.9 Å². The van der Waals surface area contributed by atoms with E-state index in [1.54, 1.807) is 42.5 Å². The van der Waals surface area contributed by atoms with Gasteiger partial charge in [0.05, 0.1) is 11.3 Å². The lowest BCUT2D eigenvalue weighted by Crippen LogP contribution is -2.25. The monoisotopic (exact) mass is 418 g/mol. The predicted molar refractivity (Wildman–Crippen MR) is 119 cm³/mol. The van der Waals surface area contributed by atoms with E-state index >= 15 is 0 Å². The van der Waals surface area contributed by atoms with Crippen LogP contribution in [0, 0.1) is 17.0 Å². The third-order valence-corrected chi connectivity index (χ3v) is 4.49. The van der Waals surface area contributed by atoms with E-state index in [9.17, 15) is 19.7 Å². The fourth-order valence-electron chi connectivity index (χ4n) is 3.05. The van der Waals surface area contributed by atoms with Crippen LogP contribution in [-0.2, 0) is 17.8 Å². The number of hydrogen-bond donors (Lipinski definition) is 3. The molecule has 3 aromatic rings. The number of carbonyl (C=O) groups excluding carboxylic acids is 2. The number of nitrogens with zero attached hydrogens (tertiary/aromatic N) is 1. The Bertz CT molecular complexity index is 1110. The maximum absolute atomic E-state index is 12.2. The highest BCUT2D eigenvalue weighted by Crippen LogP contribution is 2.18. The Morgan fingerprint density at radius 1 is 0.903 bits per heavy atom. The Hall–Kier alpha value is -4.20. The number of benzene rings is 3. The molecular weight excluding hydrogens is 396 g/mol. The molecule has 0 spiro atoms. The van der Waals surface area contributed by atoms with Crippen molar-refractivity contribution in [1.82, 2.24) is 5.32 Å². The van der Waals surface area contributed by atoms with Gasteiger partial charge < -0.3 is 16.0 Å². The Kier molecular flexibility index (Phi) is 6.95. The molecule has 158 valence electrons. The van der Waals surface area contributed by atoms with Gasteiger partial charge in [-0.3, -0.25) is 14.9 Å². The first-order valence-corrected chi connectivity index (χ1v) is 9.63. The van der Waals surface area contributed by atoms with Crippen LogP contribution in [0.4, 0.5) is 21.9 Å². The van der Waals surface area contributed by atoms with Crippen LogP contribution in [0.25, 0.3) is 0 Å². The Morgan fingerprint density at radius 3 is 2.29 bits per heavy atom. The Balaban J connectivity index is 1.55. The van der Waals surface area contributed by atoms with E-state index in [-0.39, 0.29) is 30.6 Å². The first-order valence-electron chi connectivity index (χ1n) is 9.63. The minimum Gasteiger partial charge on any atom is -0.352 e. The molecule has 0 aromatic heterocycles. The average molecular weight is 418 g/mol. The number of nitrogens with one attached hydrogen (secondary N) is 3. The summed E-state index contributed by atoms with van der Waals surface area (Å²) in [5.74, 6) is -0.329. The van der Waals surface area contributed by atoms with E-state index in [1.165, 1.54) is 6.07 Å². The van der Waals surface area contributed by atoms with Crippen molar-refractivity contribution in [3.63, 3.8) is 0 Å². The fourth-order valence-corrected chi connectivity index (χ4v) is 3.05. The van der Waals surface area contributed by atoms with Crippen LogP contribution in [0.2, 0.25) is 0 Å². The molecule has 0 fully saturated rings. The molecule has 0 bridgehead atoms. The van der Waals surface area contributed by atoms with Crippen molar-refractivity contribution < 1.29 is 14.5 Å². The van der Waals surface area contributed by atoms with Crippen LogP contribution >= 0.6 is 0 Å². The zero-order chi connectivity index (χ0) is 22.2. The van der Waals surface area contributed by atoms with Crippen LogP contribution in [0.15, 0.2) is 72.8 Å². The Morgan fingerprint density at radius 2 is 1.58 bits per heavy atom. The van der Waals surface area contributed by atoms with Gasteiger partial charge in [0.15, 0.2) is 0 Å². The lowest BCUT2D eigenvalue weighted by atomic mass is 10.1. The summed E-state index contributed by atoms with van der Waals surface area (Å²) in [7, 11) is 0. The summed E-state index contributed by atoms with van der Waals surface area (Å²) < 4.78 is 0. The van der Waals surface area contributed by atoms with Crippen LogP contribution in [0.3, 0.4) is 0 Å². The van der Waals surface area contributed by atoms with E-state index in [4.69, 9.17) is 0 Å². The molecule has 0 aliphatic heterocycles. The maximum atomic E-state index is 12.2. The molecule has 3 amide bonds. The number of urea groups is 1. The highest BCUT2D eigenvalue weighted by Gasteiger charge is 2.15. The lowest BCUT2D eigenvalue weighted by Gasteiger charge is -2.10. The molecule has 3 N–H and O–H groups in total. The van der Waals surface area contributed by atoms with Crippen molar-refractivity contribution in [1.29, 1.82) is 0 Å². The van der Waals surface area contributed by atoms with Crippen LogP contribution in [0.1, 0.15) is 16.7 Å². The van der Waals surface area contributed by atoms with Gasteiger partial charge in [-0.25, -0.2) is 4.79 Å². The normalized spacial score (nSPS) is 10.2. The third kappa shape index (κ3) is 6.40. The number of amides is 3. The van der Waals surface area contributed by atoms with Gasteiger partial charge in [-0.15, -0.1) is 0 Å². The second-order valence-corrected chi connectivity index (χ2v) is 6.99. The molecule has 0 atom stereocenters. The smallest absolute Gasteiger partial charge is 0.323 e. The van der Waals surface area contributed by atoms with Gasteiger partial charge in [0.1, 0.15) is 0 Å². The molecule has 3 rings (SSSR count). The summed E-state index contributed by atoms with van der Waals surface area (Å²) in [5, 5.41) is 19.4. The molecule has 0 heterocycles. The fraction of sp³-hybridized carbons (Fsp3) is 0.130. The second-order valence-electron chi connectivity index (χ2n) is 6.99. The number of rotatable bonds is 7. The average Bonchev–Trinajstić information content (AvgIpc) is 2.73. The Labute approximate surface area is 179 Å². The molecule has 8 nitrogen and oxygen atoms in total. The SMILES string of the molecule is Cc1cccc(NC(=O)Nc2cccc(CNC(=O)Cc3ccccc3[N+](=O)[O-])c2)c1. The van der Waals surface area contributed by atoms with Crippen LogP contribution in [0.5, 0.6) is 0 Å². The molecule has 0 aliphatic rings. The molecular formula is C23H22N4O4. The van der Waals surface area contributed by atoms with Gasteiger partial charge in [-0.2, -0.15) is 0 Å². The van der Waals surface area contributed by atoms with E-state index in [0.29, 0.717) is 16.9 Å². The molecule has 0 radical (unpaired) electrons. The van der Waals surface area contributed by atoms with Crippen molar-refractivity contribution in [3.05, 3.63) is 99.6 Å². The summed E-state index contributed by atoms with van der Waals surface area (Å²) in [6, 6.07) is 20.3. The molecule has 0 aliphatic carbocycles. The number of hydrogen-bond acceptors (Lipinski definition) is 4. The maximum Gasteiger partial charge on any atom is 0.323 e. The second kappa shape index (κ2) is 10.0. The highest BCUT2D eigenvalue weighted by molar-refractivity contribution is 5.99. The summed E-state index contributed by atoms with van der Waals surface area (Å²) >= 11 is 0. The number of para-hydroxylation sites is 1. The zero-order valence-electron chi connectivity index (χ0n) is 16.9. The summed E-state index contributed by atoms with van der Waals surface area (Å²) in [5.41, 5.74) is 3.36. The quantitative estimate of drug-likeness (QED) is 0.390. The van der Waals surface area contributed by atoms with Crippen LogP contribution in [-0.4, -0.2) is 16.9 Å². The summed E-state index contributed by atoms with van der Waals surface area (Å²) in [4.78, 5) is 35.0. The third-order valence-electron chi connectivity index (χ3n) is 4.49. The molecule has 0 saturated heterocycles. The molecule has 3 aromatic carbocycles. The van der Waals surface area contributed by atoms with Crippen molar-refractivity contribution >= 4 is 29.0 Å². The number of aryl methyl sites for hydroxylation is 1. The lowest BCUT2D eigenvalue weighted by molar-refractivity contribution is -0.385. The highest BCUT2D eigenvalue weighted by atomic mass is 16.6. The summed E-state index contributed by atoms with van der Waals surface area (Å²) in [6.07, 6.45) is -0.0893. The first-order chi connectivity index (χ1) is 14.9. The minimum atomic E-state index is -0.500. The van der Waals surface area contributed by atoms with Gasteiger partial charge in [0, 0.05) is 29.5 Å². The number of nitro benzene ring substituents is 1. The molecule has 8 heteroatoms. The molecule has 31 heavy (non-hydrogen) atoms. The number of nitro groups is 1. The number of anilines is 2. The topological polar surface area (TPSA) is 113 Å². The largest absolute Gasteiger partial charge is 0.352 e. The zero-order valence-corrected chi connectivity index (χ0v) is 16.9. The van der Waals surface area contributed by atoms with Gasteiger partial charge in [-0.1, -0.05) is 42.5 Å². The predicted octanol–water partition coefficient (Wildman–Crippen LogP) is 4.41. The van der Waals surface area contributed by atoms with Crippen LogP contribution < -0.4 is 16.0 Å². The van der Waals surface area contributed by atoms with Crippen molar-refractivity contribution in [3.8, 4) is 0 Å². The molecule has 0 saturated carbocycles. The number of carbonyl (C=O) groups is 2. The minimum absolute atomic E-state index is 0.0801. The van der Waals surface area contributed by atoms with Crippen molar-refractivity contribution in [2.24, 2.45) is 0 Å².